The van der Waals surface area contributed by atoms with E-state index < -0.39 is 66.1 Å². The second kappa shape index (κ2) is 16.7. The maximum atomic E-state index is 14.3. The molecule has 50 heavy (non-hydrogen) atoms. The highest BCUT2D eigenvalue weighted by Gasteiger charge is 2.51. The molecule has 0 unspecified atom stereocenters. The van der Waals surface area contributed by atoms with Gasteiger partial charge in [0.1, 0.15) is 12.2 Å². The summed E-state index contributed by atoms with van der Waals surface area (Å²) in [5.74, 6) is -1.23. The smallest absolute Gasteiger partial charge is 0.228 e. The van der Waals surface area contributed by atoms with Gasteiger partial charge in [0, 0.05) is 58.6 Å². The molecule has 13 heteroatoms. The van der Waals surface area contributed by atoms with Crippen molar-refractivity contribution in [2.45, 2.75) is 153 Å². The zero-order valence-electron chi connectivity index (χ0n) is 32.4. The molecule has 290 valence electrons. The Morgan fingerprint density at radius 3 is 2.20 bits per heavy atom. The Morgan fingerprint density at radius 2 is 1.60 bits per heavy atom. The molecule has 5 aliphatic heterocycles. The van der Waals surface area contributed by atoms with Crippen molar-refractivity contribution in [3.63, 3.8) is 0 Å². The number of methoxy groups -OCH3 is 1. The SMILES string of the molecule is CO[C@]1(C)C[C@H](O[C@H]2[C@H](C)[C@@H](O[C@@H]3O[C@H](C)C[C@H](N(C)C)[C@H]3O)[C@](C)(O)C[C@@H](C)CN(C)C(=O)CC3CCN(CC3)C(=O)[C@@H]2C)O[C@@H](C)[C@@H]1O. The molecule has 13 nitrogen and oxygen atoms in total. The normalized spacial score (nSPS) is 46.1. The molecule has 0 aromatic carbocycles. The number of likely N-dealkylation sites (N-methyl/N-ethyl adjacent to an activating group) is 1. The van der Waals surface area contributed by atoms with E-state index >= 15 is 0 Å². The fourth-order valence-corrected chi connectivity index (χ4v) is 8.92. The Balaban J connectivity index is 1.76. The monoisotopic (exact) mass is 713 g/mol. The highest BCUT2D eigenvalue weighted by molar-refractivity contribution is 5.79. The summed E-state index contributed by atoms with van der Waals surface area (Å²) in [6.07, 6.45) is -3.36. The van der Waals surface area contributed by atoms with E-state index in [0.29, 0.717) is 32.5 Å². The van der Waals surface area contributed by atoms with Crippen LogP contribution in [-0.4, -0.2) is 156 Å². The summed E-state index contributed by atoms with van der Waals surface area (Å²) >= 11 is 0. The van der Waals surface area contributed by atoms with Gasteiger partial charge in [-0.2, -0.15) is 0 Å². The van der Waals surface area contributed by atoms with Gasteiger partial charge in [0.05, 0.1) is 41.5 Å². The molecular formula is C37H67N3O10. The summed E-state index contributed by atoms with van der Waals surface area (Å²) in [4.78, 5) is 33.1. The minimum absolute atomic E-state index is 0.0636. The summed E-state index contributed by atoms with van der Waals surface area (Å²) in [6, 6.07) is -0.237. The molecule has 0 aliphatic carbocycles. The molecule has 3 N–H and O–H groups in total. The van der Waals surface area contributed by atoms with E-state index in [-0.39, 0.29) is 48.6 Å². The zero-order valence-corrected chi connectivity index (χ0v) is 32.4. The van der Waals surface area contributed by atoms with Crippen LogP contribution < -0.4 is 0 Å². The topological polar surface area (TPSA) is 151 Å². The second-order valence-electron chi connectivity index (χ2n) is 16.7. The van der Waals surface area contributed by atoms with Crippen molar-refractivity contribution in [1.82, 2.24) is 14.7 Å². The first-order valence-electron chi connectivity index (χ1n) is 18.7. The lowest BCUT2D eigenvalue weighted by atomic mass is 9.77. The Hall–Kier alpha value is -1.42. The quantitative estimate of drug-likeness (QED) is 0.372. The number of fused-ring (bicyclic) bond motifs is 13. The molecular weight excluding hydrogens is 646 g/mol. The molecule has 0 saturated carbocycles. The molecule has 0 aromatic rings. The van der Waals surface area contributed by atoms with Crippen LogP contribution in [-0.2, 0) is 33.3 Å². The summed E-state index contributed by atoms with van der Waals surface area (Å²) in [5.41, 5.74) is -2.45. The summed E-state index contributed by atoms with van der Waals surface area (Å²) < 4.78 is 31.7. The predicted octanol–water partition coefficient (Wildman–Crippen LogP) is 2.23. The van der Waals surface area contributed by atoms with Crippen LogP contribution in [0.5, 0.6) is 0 Å². The fourth-order valence-electron chi connectivity index (χ4n) is 8.92. The van der Waals surface area contributed by atoms with Crippen molar-refractivity contribution in [2.24, 2.45) is 23.7 Å². The molecule has 2 bridgehead atoms. The van der Waals surface area contributed by atoms with Crippen LogP contribution in [0, 0.1) is 23.7 Å². The summed E-state index contributed by atoms with van der Waals surface area (Å²) in [7, 11) is 7.17. The Morgan fingerprint density at radius 1 is 0.960 bits per heavy atom. The van der Waals surface area contributed by atoms with Gasteiger partial charge in [-0.1, -0.05) is 20.8 Å². The van der Waals surface area contributed by atoms with Crippen molar-refractivity contribution in [1.29, 1.82) is 0 Å². The number of hydrogen-bond donors (Lipinski definition) is 3. The number of amides is 2. The van der Waals surface area contributed by atoms with Crippen LogP contribution in [0.4, 0.5) is 0 Å². The zero-order chi connectivity index (χ0) is 37.3. The van der Waals surface area contributed by atoms with Crippen LogP contribution in [0.15, 0.2) is 0 Å². The number of hydrogen-bond acceptors (Lipinski definition) is 11. The van der Waals surface area contributed by atoms with Crippen molar-refractivity contribution in [3.05, 3.63) is 0 Å². The molecule has 5 aliphatic rings. The molecule has 5 heterocycles. The van der Waals surface area contributed by atoms with Gasteiger partial charge in [-0.3, -0.25) is 9.59 Å². The predicted molar refractivity (Wildman–Crippen MR) is 187 cm³/mol. The number of rotatable bonds is 6. The Labute approximate surface area is 299 Å². The van der Waals surface area contributed by atoms with Crippen molar-refractivity contribution in [3.8, 4) is 0 Å². The number of aliphatic hydroxyl groups is 3. The van der Waals surface area contributed by atoms with Crippen molar-refractivity contribution in [2.75, 3.05) is 47.9 Å². The number of aliphatic hydroxyl groups excluding tert-OH is 2. The second-order valence-corrected chi connectivity index (χ2v) is 16.7. The van der Waals surface area contributed by atoms with E-state index in [2.05, 4.69) is 0 Å². The van der Waals surface area contributed by atoms with Crippen molar-refractivity contribution >= 4 is 11.8 Å². The number of nitrogens with zero attached hydrogens (tertiary/aromatic N) is 3. The fraction of sp³-hybridized carbons (Fsp3) is 0.946. The van der Waals surface area contributed by atoms with E-state index in [4.69, 9.17) is 23.7 Å². The third kappa shape index (κ3) is 9.38. The van der Waals surface area contributed by atoms with Crippen molar-refractivity contribution < 1.29 is 48.6 Å². The largest absolute Gasteiger partial charge is 0.387 e. The maximum absolute atomic E-state index is 14.3. The first-order valence-corrected chi connectivity index (χ1v) is 18.7. The minimum atomic E-state index is -1.50. The molecule has 5 rings (SSSR count). The maximum Gasteiger partial charge on any atom is 0.228 e. The van der Waals surface area contributed by atoms with Crippen LogP contribution in [0.25, 0.3) is 0 Å². The van der Waals surface area contributed by atoms with Crippen LogP contribution in [0.2, 0.25) is 0 Å². The first-order chi connectivity index (χ1) is 23.3. The molecule has 5 fully saturated rings. The standard InChI is InChI=1S/C37H67N3O10/c1-21-18-36(6,45)33(50-35-30(42)27(38(8)9)16-22(2)47-35)23(3)31(49-29-19-37(7,46-11)32(43)25(5)48-29)24(4)34(44)40-14-12-26(13-15-40)17-28(41)39(10)20-21/h21-27,29-33,35,42-43,45H,12-20H2,1-11H3/t21-,22-,23+,24-,25+,27+,29+,30-,31+,32+,33-,35+,36-,37-/m1/s1. The molecule has 2 amide bonds. The molecule has 0 spiro atoms. The van der Waals surface area contributed by atoms with Gasteiger partial charge in [0.15, 0.2) is 12.6 Å². The first kappa shape index (κ1) is 41.3. The van der Waals surface area contributed by atoms with E-state index in [1.165, 1.54) is 0 Å². The van der Waals surface area contributed by atoms with Gasteiger partial charge in [0.2, 0.25) is 11.8 Å². The molecule has 0 radical (unpaired) electrons. The van der Waals surface area contributed by atoms with Gasteiger partial charge < -0.3 is 53.7 Å². The van der Waals surface area contributed by atoms with Crippen LogP contribution in [0.1, 0.15) is 87.0 Å². The molecule has 14 atom stereocenters. The van der Waals surface area contributed by atoms with E-state index in [1.54, 1.807) is 25.9 Å². The van der Waals surface area contributed by atoms with Gasteiger partial charge in [0.25, 0.3) is 0 Å². The average molecular weight is 714 g/mol. The third-order valence-electron chi connectivity index (χ3n) is 12.0. The third-order valence-corrected chi connectivity index (χ3v) is 12.0. The number of carbonyl (C=O) groups is 2. The van der Waals surface area contributed by atoms with E-state index in [9.17, 15) is 24.9 Å². The van der Waals surface area contributed by atoms with E-state index in [0.717, 1.165) is 12.8 Å². The van der Waals surface area contributed by atoms with Crippen LogP contribution in [0.3, 0.4) is 0 Å². The Kier molecular flexibility index (Phi) is 13.8. The van der Waals surface area contributed by atoms with Gasteiger partial charge in [-0.15, -0.1) is 0 Å². The number of carbonyl (C=O) groups excluding carboxylic acids is 2. The van der Waals surface area contributed by atoms with E-state index in [1.807, 2.05) is 65.6 Å². The van der Waals surface area contributed by atoms with Gasteiger partial charge >= 0.3 is 0 Å². The highest BCUT2D eigenvalue weighted by Crippen LogP contribution is 2.40. The average Bonchev–Trinajstić information content (AvgIpc) is 3.04. The lowest BCUT2D eigenvalue weighted by molar-refractivity contribution is -0.317. The lowest BCUT2D eigenvalue weighted by Gasteiger charge is -2.49. The lowest BCUT2D eigenvalue weighted by Crippen LogP contribution is -2.61. The summed E-state index contributed by atoms with van der Waals surface area (Å²) in [5, 5.41) is 34.9. The van der Waals surface area contributed by atoms with Crippen LogP contribution >= 0.6 is 0 Å². The van der Waals surface area contributed by atoms with Gasteiger partial charge in [-0.25, -0.2) is 0 Å². The number of ether oxygens (including phenoxy) is 5. The summed E-state index contributed by atoms with van der Waals surface area (Å²) in [6.45, 7) is 14.5. The minimum Gasteiger partial charge on any atom is -0.387 e. The highest BCUT2D eigenvalue weighted by atomic mass is 16.7. The molecule has 0 aromatic heterocycles. The molecule has 5 saturated heterocycles. The Bertz CT molecular complexity index is 1130. The van der Waals surface area contributed by atoms with Gasteiger partial charge in [-0.05, 0) is 79.3 Å². The number of piperidine rings is 1.